The van der Waals surface area contributed by atoms with Crippen LogP contribution in [-0.4, -0.2) is 22.6 Å². The molecule has 0 radical (unpaired) electrons. The molecule has 1 aromatic heterocycles. The molecule has 0 unspecified atom stereocenters. The van der Waals surface area contributed by atoms with Crippen molar-refractivity contribution in [1.29, 1.82) is 0 Å². The smallest absolute Gasteiger partial charge is 0.0951 e. The maximum atomic E-state index is 4.29. The lowest BCUT2D eigenvalue weighted by Crippen LogP contribution is -2.40. The summed E-state index contributed by atoms with van der Waals surface area (Å²) in [6.45, 7) is 5.26. The Morgan fingerprint density at radius 1 is 1.35 bits per heavy atom. The van der Waals surface area contributed by atoms with Gasteiger partial charge in [-0.1, -0.05) is 24.3 Å². The minimum absolute atomic E-state index is 0.640. The first-order chi connectivity index (χ1) is 8.34. The summed E-state index contributed by atoms with van der Waals surface area (Å²) in [6, 6.07) is 8.54. The fraction of sp³-hybridized carbons (Fsp3) is 0.357. The Morgan fingerprint density at radius 3 is 2.88 bits per heavy atom. The van der Waals surface area contributed by atoms with Crippen LogP contribution in [0.25, 0.3) is 0 Å². The lowest BCUT2D eigenvalue weighted by Gasteiger charge is -2.28. The van der Waals surface area contributed by atoms with Gasteiger partial charge in [0.2, 0.25) is 0 Å². The van der Waals surface area contributed by atoms with Crippen LogP contribution < -0.4 is 5.32 Å². The third-order valence-corrected chi connectivity index (χ3v) is 3.55. The second-order valence-electron chi connectivity index (χ2n) is 4.73. The minimum atomic E-state index is 0.640. The van der Waals surface area contributed by atoms with Crippen molar-refractivity contribution in [3.05, 3.63) is 53.6 Å². The van der Waals surface area contributed by atoms with Crippen molar-refractivity contribution in [2.24, 2.45) is 0 Å². The van der Waals surface area contributed by atoms with Crippen molar-refractivity contribution >= 4 is 0 Å². The van der Waals surface area contributed by atoms with Crippen molar-refractivity contribution in [3.63, 3.8) is 0 Å². The normalized spacial score (nSPS) is 15.8. The molecule has 88 valence electrons. The van der Waals surface area contributed by atoms with E-state index in [9.17, 15) is 0 Å². The summed E-state index contributed by atoms with van der Waals surface area (Å²) < 4.78 is 2.27. The predicted octanol–water partition coefficient (Wildman–Crippen LogP) is 1.93. The van der Waals surface area contributed by atoms with Crippen LogP contribution >= 0.6 is 0 Å². The molecule has 1 N–H and O–H groups in total. The molecule has 1 aromatic carbocycles. The number of imidazole rings is 1. The first kappa shape index (κ1) is 10.5. The van der Waals surface area contributed by atoms with Crippen LogP contribution in [0.4, 0.5) is 0 Å². The lowest BCUT2D eigenvalue weighted by molar-refractivity contribution is 0.427. The van der Waals surface area contributed by atoms with Crippen LogP contribution in [0, 0.1) is 6.92 Å². The average molecular weight is 227 g/mol. The summed E-state index contributed by atoms with van der Waals surface area (Å²) in [5.41, 5.74) is 4.07. The van der Waals surface area contributed by atoms with Crippen LogP contribution in [0.1, 0.15) is 22.7 Å². The monoisotopic (exact) mass is 227 g/mol. The number of hydrogen-bond acceptors (Lipinski definition) is 2. The Balaban J connectivity index is 1.85. The Kier molecular flexibility index (Phi) is 2.69. The fourth-order valence-electron chi connectivity index (χ4n) is 2.27. The van der Waals surface area contributed by atoms with Gasteiger partial charge in [0.25, 0.3) is 0 Å². The van der Waals surface area contributed by atoms with E-state index in [1.54, 1.807) is 0 Å². The zero-order valence-electron chi connectivity index (χ0n) is 10.1. The van der Waals surface area contributed by atoms with Crippen molar-refractivity contribution in [2.45, 2.75) is 19.4 Å². The number of rotatable bonds is 3. The maximum absolute atomic E-state index is 4.29. The highest BCUT2D eigenvalue weighted by Gasteiger charge is 2.22. The molecule has 0 saturated carbocycles. The van der Waals surface area contributed by atoms with Crippen molar-refractivity contribution in [2.75, 3.05) is 13.1 Å². The van der Waals surface area contributed by atoms with E-state index in [0.717, 1.165) is 19.6 Å². The topological polar surface area (TPSA) is 29.9 Å². The van der Waals surface area contributed by atoms with Gasteiger partial charge in [-0.25, -0.2) is 4.98 Å². The Hall–Kier alpha value is -1.61. The van der Waals surface area contributed by atoms with Crippen molar-refractivity contribution in [1.82, 2.24) is 14.9 Å². The summed E-state index contributed by atoms with van der Waals surface area (Å²) in [7, 11) is 0. The van der Waals surface area contributed by atoms with Crippen LogP contribution in [0.3, 0.4) is 0 Å². The number of aryl methyl sites for hydroxylation is 1. The Labute approximate surface area is 101 Å². The van der Waals surface area contributed by atoms with E-state index in [-0.39, 0.29) is 0 Å². The molecule has 1 aliphatic heterocycles. The van der Waals surface area contributed by atoms with E-state index in [4.69, 9.17) is 0 Å². The average Bonchev–Trinajstić information content (AvgIpc) is 2.68. The Morgan fingerprint density at radius 2 is 2.18 bits per heavy atom. The highest BCUT2D eigenvalue weighted by molar-refractivity contribution is 5.26. The molecular formula is C14H17N3. The SMILES string of the molecule is Cc1ccccc1Cn1cncc1C1CNC1. The van der Waals surface area contributed by atoms with Gasteiger partial charge in [0.05, 0.1) is 6.33 Å². The molecule has 0 aliphatic carbocycles. The molecule has 0 atom stereocenters. The molecule has 1 aliphatic rings. The van der Waals surface area contributed by atoms with Gasteiger partial charge < -0.3 is 9.88 Å². The first-order valence-corrected chi connectivity index (χ1v) is 6.10. The standard InChI is InChI=1S/C14H17N3/c1-11-4-2-3-5-12(11)9-17-10-16-8-14(17)13-6-15-7-13/h2-5,8,10,13,15H,6-7,9H2,1H3. The van der Waals surface area contributed by atoms with E-state index >= 15 is 0 Å². The van der Waals surface area contributed by atoms with Gasteiger partial charge in [0.15, 0.2) is 0 Å². The largest absolute Gasteiger partial charge is 0.330 e. The zero-order valence-corrected chi connectivity index (χ0v) is 10.1. The molecule has 0 bridgehead atoms. The van der Waals surface area contributed by atoms with E-state index in [1.807, 2.05) is 12.5 Å². The number of benzene rings is 1. The van der Waals surface area contributed by atoms with Crippen molar-refractivity contribution in [3.8, 4) is 0 Å². The van der Waals surface area contributed by atoms with E-state index in [2.05, 4.69) is 46.1 Å². The summed E-state index contributed by atoms with van der Waals surface area (Å²) >= 11 is 0. The van der Waals surface area contributed by atoms with Crippen LogP contribution in [0.2, 0.25) is 0 Å². The van der Waals surface area contributed by atoms with Gasteiger partial charge in [-0.2, -0.15) is 0 Å². The summed E-state index contributed by atoms with van der Waals surface area (Å²) in [6.07, 6.45) is 3.95. The second kappa shape index (κ2) is 4.34. The van der Waals surface area contributed by atoms with Crippen molar-refractivity contribution < 1.29 is 0 Å². The number of nitrogens with zero attached hydrogens (tertiary/aromatic N) is 2. The van der Waals surface area contributed by atoms with Gasteiger partial charge >= 0.3 is 0 Å². The first-order valence-electron chi connectivity index (χ1n) is 6.10. The van der Waals surface area contributed by atoms with Gasteiger partial charge in [0.1, 0.15) is 0 Å². The summed E-state index contributed by atoms with van der Waals surface area (Å²) in [5, 5.41) is 3.31. The summed E-state index contributed by atoms with van der Waals surface area (Å²) in [4.78, 5) is 4.29. The molecule has 2 heterocycles. The molecule has 17 heavy (non-hydrogen) atoms. The molecule has 3 heteroatoms. The molecule has 1 fully saturated rings. The van der Waals surface area contributed by atoms with E-state index in [1.165, 1.54) is 16.8 Å². The number of nitrogens with one attached hydrogen (secondary N) is 1. The highest BCUT2D eigenvalue weighted by Crippen LogP contribution is 2.20. The highest BCUT2D eigenvalue weighted by atomic mass is 15.1. The van der Waals surface area contributed by atoms with E-state index < -0.39 is 0 Å². The summed E-state index contributed by atoms with van der Waals surface area (Å²) in [5.74, 6) is 0.640. The molecule has 0 amide bonds. The van der Waals surface area contributed by atoms with Crippen LogP contribution in [-0.2, 0) is 6.54 Å². The number of hydrogen-bond donors (Lipinski definition) is 1. The zero-order chi connectivity index (χ0) is 11.7. The maximum Gasteiger partial charge on any atom is 0.0951 e. The van der Waals surface area contributed by atoms with Gasteiger partial charge in [-0.3, -0.25) is 0 Å². The predicted molar refractivity (Wildman–Crippen MR) is 68.1 cm³/mol. The number of aromatic nitrogens is 2. The third-order valence-electron chi connectivity index (χ3n) is 3.55. The molecule has 3 rings (SSSR count). The lowest BCUT2D eigenvalue weighted by atomic mass is 9.99. The molecule has 0 spiro atoms. The molecule has 1 saturated heterocycles. The fourth-order valence-corrected chi connectivity index (χ4v) is 2.27. The third kappa shape index (κ3) is 1.98. The molecule has 3 nitrogen and oxygen atoms in total. The van der Waals surface area contributed by atoms with Crippen LogP contribution in [0.15, 0.2) is 36.8 Å². The van der Waals surface area contributed by atoms with E-state index in [0.29, 0.717) is 5.92 Å². The van der Waals surface area contributed by atoms with Gasteiger partial charge in [-0.05, 0) is 18.1 Å². The minimum Gasteiger partial charge on any atom is -0.330 e. The van der Waals surface area contributed by atoms with Crippen LogP contribution in [0.5, 0.6) is 0 Å². The molecule has 2 aromatic rings. The quantitative estimate of drug-likeness (QED) is 0.868. The van der Waals surface area contributed by atoms with Gasteiger partial charge in [0, 0.05) is 37.4 Å². The molecular weight excluding hydrogens is 210 g/mol. The van der Waals surface area contributed by atoms with Gasteiger partial charge in [-0.15, -0.1) is 0 Å². The Bertz CT molecular complexity index is 512. The second-order valence-corrected chi connectivity index (χ2v) is 4.73.